The van der Waals surface area contributed by atoms with Crippen LogP contribution in [0, 0.1) is 0 Å². The minimum Gasteiger partial charge on any atom is -0.462 e. The molecule has 4 nitrogen and oxygen atoms in total. The van der Waals surface area contributed by atoms with E-state index in [1.165, 1.54) is 19.3 Å². The largest absolute Gasteiger partial charge is 0.462 e. The normalized spacial score (nSPS) is 20.9. The van der Waals surface area contributed by atoms with Crippen molar-refractivity contribution in [1.29, 1.82) is 0 Å². The van der Waals surface area contributed by atoms with E-state index in [2.05, 4.69) is 12.1 Å². The van der Waals surface area contributed by atoms with Gasteiger partial charge < -0.3 is 18.3 Å². The highest BCUT2D eigenvalue weighted by atomic mass is 28.4. The van der Waals surface area contributed by atoms with Crippen molar-refractivity contribution in [1.82, 2.24) is 0 Å². The monoisotopic (exact) mass is 308 g/mol. The van der Waals surface area contributed by atoms with E-state index in [1.54, 1.807) is 14.2 Å². The van der Waals surface area contributed by atoms with Gasteiger partial charge in [0, 0.05) is 32.6 Å². The lowest BCUT2D eigenvalue weighted by Crippen LogP contribution is -2.50. The maximum Gasteiger partial charge on any atom is 0.368 e. The number of hydrogen-bond acceptors (Lipinski definition) is 4. The third-order valence-electron chi connectivity index (χ3n) is 4.77. The summed E-state index contributed by atoms with van der Waals surface area (Å²) in [4.78, 5) is 0. The van der Waals surface area contributed by atoms with Crippen molar-refractivity contribution < 1.29 is 18.3 Å². The summed E-state index contributed by atoms with van der Waals surface area (Å²) in [6.07, 6.45) is 5.65. The average molecular weight is 308 g/mol. The van der Waals surface area contributed by atoms with Crippen molar-refractivity contribution in [3.63, 3.8) is 0 Å². The second-order valence-corrected chi connectivity index (χ2v) is 9.32. The Kier molecular flexibility index (Phi) is 4.09. The van der Waals surface area contributed by atoms with Crippen molar-refractivity contribution in [3.8, 4) is 5.75 Å². The Labute approximate surface area is 127 Å². The summed E-state index contributed by atoms with van der Waals surface area (Å²) in [5, 5.41) is 1.11. The molecule has 1 aliphatic carbocycles. The number of fused-ring (bicyclic) bond motifs is 1. The van der Waals surface area contributed by atoms with Gasteiger partial charge in [0.25, 0.3) is 0 Å². The molecule has 3 rings (SSSR count). The zero-order chi connectivity index (χ0) is 14.9. The standard InChI is InChI=1S/C16H24O4Si/c1-17-21(3,18-2)14-7-8-15-13(11-14)12-19-16(20-15)9-5-4-6-10-16/h7-8,11H,4-6,9-10,12H2,1-3H3. The molecule has 1 heterocycles. The third kappa shape index (κ3) is 2.75. The zero-order valence-corrected chi connectivity index (χ0v) is 14.1. The quantitative estimate of drug-likeness (QED) is 0.805. The molecule has 1 saturated carbocycles. The maximum atomic E-state index is 6.21. The van der Waals surface area contributed by atoms with Gasteiger partial charge in [0.15, 0.2) is 0 Å². The molecule has 0 bridgehead atoms. The van der Waals surface area contributed by atoms with Gasteiger partial charge in [-0.15, -0.1) is 0 Å². The zero-order valence-electron chi connectivity index (χ0n) is 13.1. The lowest BCUT2D eigenvalue weighted by Gasteiger charge is -2.41. The van der Waals surface area contributed by atoms with Crippen molar-refractivity contribution in [2.45, 2.75) is 51.0 Å². The van der Waals surface area contributed by atoms with E-state index in [-0.39, 0.29) is 5.79 Å². The van der Waals surface area contributed by atoms with Gasteiger partial charge >= 0.3 is 8.56 Å². The lowest BCUT2D eigenvalue weighted by atomic mass is 9.93. The van der Waals surface area contributed by atoms with Crippen LogP contribution in [-0.4, -0.2) is 28.6 Å². The molecular formula is C16H24O4Si. The van der Waals surface area contributed by atoms with Crippen molar-refractivity contribution >= 4 is 13.7 Å². The molecule has 0 atom stereocenters. The molecule has 0 radical (unpaired) electrons. The summed E-state index contributed by atoms with van der Waals surface area (Å²) in [5.74, 6) is 0.575. The first-order valence-electron chi connectivity index (χ1n) is 7.67. The maximum absolute atomic E-state index is 6.21. The summed E-state index contributed by atoms with van der Waals surface area (Å²) < 4.78 is 23.5. The topological polar surface area (TPSA) is 36.9 Å². The second kappa shape index (κ2) is 5.72. The van der Waals surface area contributed by atoms with Crippen LogP contribution in [0.3, 0.4) is 0 Å². The Bertz CT molecular complexity index is 507. The Hall–Kier alpha value is -0.883. The lowest BCUT2D eigenvalue weighted by molar-refractivity contribution is -0.222. The Morgan fingerprint density at radius 2 is 1.81 bits per heavy atom. The van der Waals surface area contributed by atoms with Gasteiger partial charge in [-0.3, -0.25) is 0 Å². The van der Waals surface area contributed by atoms with E-state index >= 15 is 0 Å². The van der Waals surface area contributed by atoms with Gasteiger partial charge in [0.1, 0.15) is 5.75 Å². The number of ether oxygens (including phenoxy) is 2. The Balaban J connectivity index is 1.86. The van der Waals surface area contributed by atoms with Crippen LogP contribution in [0.5, 0.6) is 5.75 Å². The van der Waals surface area contributed by atoms with Gasteiger partial charge in [0.2, 0.25) is 5.79 Å². The first kappa shape index (κ1) is 15.0. The van der Waals surface area contributed by atoms with Crippen LogP contribution in [-0.2, 0) is 20.2 Å². The van der Waals surface area contributed by atoms with E-state index in [1.807, 2.05) is 12.6 Å². The number of hydrogen-bond donors (Lipinski definition) is 0. The van der Waals surface area contributed by atoms with E-state index in [4.69, 9.17) is 18.3 Å². The van der Waals surface area contributed by atoms with Crippen LogP contribution in [0.25, 0.3) is 0 Å². The van der Waals surface area contributed by atoms with Crippen LogP contribution >= 0.6 is 0 Å². The molecule has 0 N–H and O–H groups in total. The van der Waals surface area contributed by atoms with Gasteiger partial charge in [-0.05, 0) is 36.7 Å². The van der Waals surface area contributed by atoms with Crippen LogP contribution in [0.4, 0.5) is 0 Å². The molecule has 2 aliphatic rings. The summed E-state index contributed by atoms with van der Waals surface area (Å²) in [6, 6.07) is 6.23. The summed E-state index contributed by atoms with van der Waals surface area (Å²) in [7, 11) is 1.12. The van der Waals surface area contributed by atoms with Gasteiger partial charge in [0.05, 0.1) is 6.61 Å². The minimum absolute atomic E-state index is 0.379. The molecule has 0 aromatic heterocycles. The van der Waals surface area contributed by atoms with Crippen LogP contribution in [0.15, 0.2) is 18.2 Å². The number of benzene rings is 1. The molecule has 21 heavy (non-hydrogen) atoms. The fourth-order valence-corrected chi connectivity index (χ4v) is 4.63. The Morgan fingerprint density at radius 1 is 1.10 bits per heavy atom. The average Bonchev–Trinajstić information content (AvgIpc) is 2.54. The summed E-state index contributed by atoms with van der Waals surface area (Å²) in [5.41, 5.74) is 1.09. The SMILES string of the molecule is CO[Si](C)(OC)c1ccc2c(c1)COC1(CCCCC1)O2. The first-order chi connectivity index (χ1) is 10.1. The molecule has 1 aliphatic heterocycles. The molecule has 1 aromatic carbocycles. The van der Waals surface area contributed by atoms with E-state index in [9.17, 15) is 0 Å². The van der Waals surface area contributed by atoms with Gasteiger partial charge in [-0.2, -0.15) is 0 Å². The second-order valence-electron chi connectivity index (χ2n) is 6.04. The predicted molar refractivity (Wildman–Crippen MR) is 82.9 cm³/mol. The first-order valence-corrected chi connectivity index (χ1v) is 9.99. The summed E-state index contributed by atoms with van der Waals surface area (Å²) in [6.45, 7) is 2.66. The third-order valence-corrected chi connectivity index (χ3v) is 7.68. The molecule has 0 unspecified atom stereocenters. The predicted octanol–water partition coefficient (Wildman–Crippen LogP) is 2.83. The van der Waals surface area contributed by atoms with E-state index in [0.29, 0.717) is 6.61 Å². The molecule has 0 saturated heterocycles. The van der Waals surface area contributed by atoms with Crippen LogP contribution in [0.1, 0.15) is 37.7 Å². The highest BCUT2D eigenvalue weighted by Crippen LogP contribution is 2.39. The fourth-order valence-electron chi connectivity index (χ4n) is 3.17. The minimum atomic E-state index is -2.29. The molecular weight excluding hydrogens is 284 g/mol. The smallest absolute Gasteiger partial charge is 0.368 e. The Morgan fingerprint density at radius 3 is 2.48 bits per heavy atom. The molecule has 1 fully saturated rings. The van der Waals surface area contributed by atoms with Gasteiger partial charge in [-0.1, -0.05) is 12.5 Å². The van der Waals surface area contributed by atoms with Crippen molar-refractivity contribution in [2.75, 3.05) is 14.2 Å². The molecule has 5 heteroatoms. The van der Waals surface area contributed by atoms with E-state index < -0.39 is 8.56 Å². The molecule has 1 spiro atoms. The van der Waals surface area contributed by atoms with Crippen molar-refractivity contribution in [2.24, 2.45) is 0 Å². The van der Waals surface area contributed by atoms with Gasteiger partial charge in [-0.25, -0.2) is 0 Å². The molecule has 116 valence electrons. The van der Waals surface area contributed by atoms with Crippen molar-refractivity contribution in [3.05, 3.63) is 23.8 Å². The highest BCUT2D eigenvalue weighted by molar-refractivity contribution is 6.79. The van der Waals surface area contributed by atoms with Crippen LogP contribution < -0.4 is 9.92 Å². The van der Waals surface area contributed by atoms with Crippen LogP contribution in [0.2, 0.25) is 6.55 Å². The van der Waals surface area contributed by atoms with E-state index in [0.717, 1.165) is 29.3 Å². The highest BCUT2D eigenvalue weighted by Gasteiger charge is 2.40. The number of rotatable bonds is 3. The molecule has 0 amide bonds. The summed E-state index contributed by atoms with van der Waals surface area (Å²) >= 11 is 0. The fraction of sp³-hybridized carbons (Fsp3) is 0.625. The molecule has 1 aromatic rings.